The standard InChI is InChI=1S/C17H29NO/c1-7-14(18)10-13-9-12(3)16(19-8-2)15(11-13)17(4,5)6/h9,11,14H,7-8,10,18H2,1-6H3. The van der Waals surface area contributed by atoms with Gasteiger partial charge in [0.05, 0.1) is 6.61 Å². The number of ether oxygens (including phenoxy) is 1. The van der Waals surface area contributed by atoms with Gasteiger partial charge in [0.25, 0.3) is 0 Å². The Balaban J connectivity index is 3.23. The van der Waals surface area contributed by atoms with Gasteiger partial charge < -0.3 is 10.5 Å². The van der Waals surface area contributed by atoms with Crippen LogP contribution >= 0.6 is 0 Å². The Hall–Kier alpha value is -1.02. The minimum Gasteiger partial charge on any atom is -0.493 e. The van der Waals surface area contributed by atoms with Crippen molar-refractivity contribution in [2.45, 2.75) is 65.8 Å². The van der Waals surface area contributed by atoms with Crippen LogP contribution in [-0.2, 0) is 11.8 Å². The summed E-state index contributed by atoms with van der Waals surface area (Å²) in [5.41, 5.74) is 9.98. The molecule has 0 aromatic heterocycles. The first-order valence-electron chi connectivity index (χ1n) is 7.32. The van der Waals surface area contributed by atoms with Crippen LogP contribution in [0.2, 0.25) is 0 Å². The first-order chi connectivity index (χ1) is 8.79. The highest BCUT2D eigenvalue weighted by Crippen LogP contribution is 2.35. The van der Waals surface area contributed by atoms with E-state index in [2.05, 4.69) is 46.8 Å². The van der Waals surface area contributed by atoms with E-state index in [-0.39, 0.29) is 11.5 Å². The third-order valence-electron chi connectivity index (χ3n) is 3.45. The normalized spacial score (nSPS) is 13.4. The second-order valence-corrected chi connectivity index (χ2v) is 6.34. The van der Waals surface area contributed by atoms with Crippen molar-refractivity contribution in [2.24, 2.45) is 5.73 Å². The van der Waals surface area contributed by atoms with Crippen LogP contribution in [0, 0.1) is 6.92 Å². The summed E-state index contributed by atoms with van der Waals surface area (Å²) < 4.78 is 5.85. The Morgan fingerprint density at radius 2 is 1.84 bits per heavy atom. The Bertz CT molecular complexity index is 418. The lowest BCUT2D eigenvalue weighted by atomic mass is 9.83. The van der Waals surface area contributed by atoms with Crippen molar-refractivity contribution in [1.82, 2.24) is 0 Å². The molecule has 108 valence electrons. The van der Waals surface area contributed by atoms with Gasteiger partial charge in [0.15, 0.2) is 0 Å². The maximum Gasteiger partial charge on any atom is 0.125 e. The zero-order valence-corrected chi connectivity index (χ0v) is 13.3. The molecule has 19 heavy (non-hydrogen) atoms. The van der Waals surface area contributed by atoms with Gasteiger partial charge in [-0.1, -0.05) is 39.8 Å². The van der Waals surface area contributed by atoms with Crippen molar-refractivity contribution in [2.75, 3.05) is 6.61 Å². The zero-order chi connectivity index (χ0) is 14.6. The van der Waals surface area contributed by atoms with Gasteiger partial charge in [0, 0.05) is 11.6 Å². The maximum absolute atomic E-state index is 6.08. The van der Waals surface area contributed by atoms with E-state index in [0.29, 0.717) is 6.61 Å². The Morgan fingerprint density at radius 1 is 1.21 bits per heavy atom. The lowest BCUT2D eigenvalue weighted by Gasteiger charge is -2.25. The molecule has 1 atom stereocenters. The van der Waals surface area contributed by atoms with E-state index < -0.39 is 0 Å². The summed E-state index contributed by atoms with van der Waals surface area (Å²) in [6.07, 6.45) is 1.95. The third-order valence-corrected chi connectivity index (χ3v) is 3.45. The molecule has 0 aliphatic carbocycles. The van der Waals surface area contributed by atoms with Gasteiger partial charge in [0.2, 0.25) is 0 Å². The van der Waals surface area contributed by atoms with Gasteiger partial charge in [-0.3, -0.25) is 0 Å². The molecule has 0 radical (unpaired) electrons. The minimum atomic E-state index is 0.0849. The summed E-state index contributed by atoms with van der Waals surface area (Å²) >= 11 is 0. The molecular weight excluding hydrogens is 234 g/mol. The van der Waals surface area contributed by atoms with Crippen LogP contribution in [0.5, 0.6) is 5.75 Å². The summed E-state index contributed by atoms with van der Waals surface area (Å²) in [6.45, 7) is 13.7. The Labute approximate surface area is 118 Å². The lowest BCUT2D eigenvalue weighted by molar-refractivity contribution is 0.327. The molecule has 1 unspecified atom stereocenters. The van der Waals surface area contributed by atoms with Gasteiger partial charge >= 0.3 is 0 Å². The fourth-order valence-corrected chi connectivity index (χ4v) is 2.31. The van der Waals surface area contributed by atoms with Crippen LogP contribution in [0.15, 0.2) is 12.1 Å². The van der Waals surface area contributed by atoms with Crippen molar-refractivity contribution in [3.63, 3.8) is 0 Å². The molecule has 0 bridgehead atoms. The molecule has 1 aromatic carbocycles. The second-order valence-electron chi connectivity index (χ2n) is 6.34. The number of nitrogens with two attached hydrogens (primary N) is 1. The average Bonchev–Trinajstić information content (AvgIpc) is 2.30. The number of hydrogen-bond donors (Lipinski definition) is 1. The van der Waals surface area contributed by atoms with Crippen LogP contribution in [0.1, 0.15) is 57.7 Å². The first-order valence-corrected chi connectivity index (χ1v) is 7.32. The topological polar surface area (TPSA) is 35.2 Å². The number of rotatable bonds is 5. The van der Waals surface area contributed by atoms with E-state index >= 15 is 0 Å². The van der Waals surface area contributed by atoms with E-state index in [1.807, 2.05) is 6.92 Å². The van der Waals surface area contributed by atoms with E-state index in [1.165, 1.54) is 16.7 Å². The summed E-state index contributed by atoms with van der Waals surface area (Å²) in [4.78, 5) is 0. The first kappa shape index (κ1) is 16.0. The molecule has 0 saturated heterocycles. The SMILES string of the molecule is CCOc1c(C)cc(CC(N)CC)cc1C(C)(C)C. The van der Waals surface area contributed by atoms with Gasteiger partial charge in [0.1, 0.15) is 5.75 Å². The molecule has 2 N–H and O–H groups in total. The van der Waals surface area contributed by atoms with Crippen LogP contribution in [0.3, 0.4) is 0 Å². The van der Waals surface area contributed by atoms with E-state index in [9.17, 15) is 0 Å². The summed E-state index contributed by atoms with van der Waals surface area (Å²) in [6, 6.07) is 4.73. The van der Waals surface area contributed by atoms with Crippen molar-refractivity contribution in [3.05, 3.63) is 28.8 Å². The summed E-state index contributed by atoms with van der Waals surface area (Å²) in [5, 5.41) is 0. The molecule has 0 heterocycles. The van der Waals surface area contributed by atoms with E-state index in [4.69, 9.17) is 10.5 Å². The van der Waals surface area contributed by atoms with Gasteiger partial charge in [-0.25, -0.2) is 0 Å². The molecule has 1 rings (SSSR count). The van der Waals surface area contributed by atoms with Gasteiger partial charge in [-0.05, 0) is 43.2 Å². The third kappa shape index (κ3) is 4.24. The van der Waals surface area contributed by atoms with Crippen molar-refractivity contribution >= 4 is 0 Å². The molecule has 0 aliphatic heterocycles. The summed E-state index contributed by atoms with van der Waals surface area (Å²) in [5.74, 6) is 1.05. The molecule has 0 aliphatic rings. The largest absolute Gasteiger partial charge is 0.493 e. The number of hydrogen-bond acceptors (Lipinski definition) is 2. The van der Waals surface area contributed by atoms with Crippen molar-refractivity contribution in [3.8, 4) is 5.75 Å². The Morgan fingerprint density at radius 3 is 2.32 bits per heavy atom. The van der Waals surface area contributed by atoms with Gasteiger partial charge in [-0.15, -0.1) is 0 Å². The zero-order valence-electron chi connectivity index (χ0n) is 13.3. The van der Waals surface area contributed by atoms with Crippen LogP contribution in [0.4, 0.5) is 0 Å². The minimum absolute atomic E-state index is 0.0849. The monoisotopic (exact) mass is 263 g/mol. The molecule has 2 nitrogen and oxygen atoms in total. The molecule has 1 aromatic rings. The quantitative estimate of drug-likeness (QED) is 0.872. The number of benzene rings is 1. The van der Waals surface area contributed by atoms with E-state index in [0.717, 1.165) is 18.6 Å². The molecule has 0 amide bonds. The highest BCUT2D eigenvalue weighted by atomic mass is 16.5. The molecule has 2 heteroatoms. The fraction of sp³-hybridized carbons (Fsp3) is 0.647. The summed E-state index contributed by atoms with van der Waals surface area (Å²) in [7, 11) is 0. The maximum atomic E-state index is 6.08. The predicted molar refractivity (Wildman–Crippen MR) is 83.0 cm³/mol. The average molecular weight is 263 g/mol. The number of aryl methyl sites for hydroxylation is 1. The van der Waals surface area contributed by atoms with Gasteiger partial charge in [-0.2, -0.15) is 0 Å². The van der Waals surface area contributed by atoms with E-state index in [1.54, 1.807) is 0 Å². The predicted octanol–water partition coefficient (Wildman–Crippen LogP) is 3.97. The fourth-order valence-electron chi connectivity index (χ4n) is 2.31. The van der Waals surface area contributed by atoms with Crippen molar-refractivity contribution < 1.29 is 4.74 Å². The second kappa shape index (κ2) is 6.42. The highest BCUT2D eigenvalue weighted by Gasteiger charge is 2.21. The van der Waals surface area contributed by atoms with Crippen LogP contribution in [0.25, 0.3) is 0 Å². The smallest absolute Gasteiger partial charge is 0.125 e. The Kier molecular flexibility index (Phi) is 5.42. The van der Waals surface area contributed by atoms with Crippen molar-refractivity contribution in [1.29, 1.82) is 0 Å². The highest BCUT2D eigenvalue weighted by molar-refractivity contribution is 5.47. The molecule has 0 saturated carbocycles. The lowest BCUT2D eigenvalue weighted by Crippen LogP contribution is -2.22. The molecule has 0 fully saturated rings. The van der Waals surface area contributed by atoms with Crippen LogP contribution < -0.4 is 10.5 Å². The van der Waals surface area contributed by atoms with Crippen LogP contribution in [-0.4, -0.2) is 12.6 Å². The molecule has 0 spiro atoms. The molecular formula is C17H29NO.